The Kier molecular flexibility index (Phi) is 4.67. The molecule has 0 radical (unpaired) electrons. The van der Waals surface area contributed by atoms with Crippen LogP contribution in [0.2, 0.25) is 0 Å². The highest BCUT2D eigenvalue weighted by Crippen LogP contribution is 2.12. The summed E-state index contributed by atoms with van der Waals surface area (Å²) in [6.07, 6.45) is 1.49. The van der Waals surface area contributed by atoms with Crippen LogP contribution in [0.3, 0.4) is 0 Å². The summed E-state index contributed by atoms with van der Waals surface area (Å²) in [6, 6.07) is 6.63. The summed E-state index contributed by atoms with van der Waals surface area (Å²) in [5.41, 5.74) is 0.200. The van der Waals surface area contributed by atoms with Gasteiger partial charge in [-0.2, -0.15) is 0 Å². The second-order valence-electron chi connectivity index (χ2n) is 5.03. The van der Waals surface area contributed by atoms with Crippen LogP contribution in [0.4, 0.5) is 4.39 Å². The van der Waals surface area contributed by atoms with Crippen molar-refractivity contribution in [1.29, 1.82) is 0 Å². The molecule has 0 spiro atoms. The van der Waals surface area contributed by atoms with Crippen LogP contribution in [0, 0.1) is 5.82 Å². The smallest absolute Gasteiger partial charge is 0.306 e. The monoisotopic (exact) mass is 238 g/mol. The molecule has 0 atom stereocenters. The second kappa shape index (κ2) is 5.80. The van der Waals surface area contributed by atoms with Crippen molar-refractivity contribution in [2.75, 3.05) is 0 Å². The maximum absolute atomic E-state index is 13.3. The Balaban J connectivity index is 2.34. The van der Waals surface area contributed by atoms with E-state index in [1.54, 1.807) is 18.2 Å². The number of benzene rings is 1. The first-order valence-corrected chi connectivity index (χ1v) is 5.84. The van der Waals surface area contributed by atoms with Crippen LogP contribution in [0.25, 0.3) is 0 Å². The SMILES string of the molecule is CC(C)(C)OC(=O)CCCc1ccccc1F. The lowest BCUT2D eigenvalue weighted by molar-refractivity contribution is -0.154. The van der Waals surface area contributed by atoms with E-state index in [1.165, 1.54) is 6.07 Å². The molecule has 1 aromatic rings. The van der Waals surface area contributed by atoms with E-state index in [1.807, 2.05) is 20.8 Å². The molecule has 0 heterocycles. The first kappa shape index (κ1) is 13.7. The first-order chi connectivity index (χ1) is 7.88. The van der Waals surface area contributed by atoms with Crippen molar-refractivity contribution < 1.29 is 13.9 Å². The van der Waals surface area contributed by atoms with Crippen LogP contribution in [0.15, 0.2) is 24.3 Å². The number of hydrogen-bond donors (Lipinski definition) is 0. The molecule has 0 aliphatic carbocycles. The summed E-state index contributed by atoms with van der Waals surface area (Å²) in [5, 5.41) is 0. The van der Waals surface area contributed by atoms with Crippen molar-refractivity contribution in [2.24, 2.45) is 0 Å². The molecule has 0 N–H and O–H groups in total. The van der Waals surface area contributed by atoms with Gasteiger partial charge in [0.1, 0.15) is 11.4 Å². The zero-order chi connectivity index (χ0) is 12.9. The van der Waals surface area contributed by atoms with E-state index >= 15 is 0 Å². The Morgan fingerprint density at radius 3 is 2.53 bits per heavy atom. The van der Waals surface area contributed by atoms with E-state index in [2.05, 4.69) is 0 Å². The fourth-order valence-corrected chi connectivity index (χ4v) is 1.52. The third-order valence-corrected chi connectivity index (χ3v) is 2.20. The lowest BCUT2D eigenvalue weighted by atomic mass is 10.1. The number of halogens is 1. The van der Waals surface area contributed by atoms with Crippen LogP contribution < -0.4 is 0 Å². The number of esters is 1. The molecule has 1 aromatic carbocycles. The number of carbonyl (C=O) groups excluding carboxylic acids is 1. The molecular weight excluding hydrogens is 219 g/mol. The lowest BCUT2D eigenvalue weighted by Gasteiger charge is -2.19. The predicted octanol–water partition coefficient (Wildman–Crippen LogP) is 3.49. The average molecular weight is 238 g/mol. The van der Waals surface area contributed by atoms with Gasteiger partial charge in [-0.05, 0) is 45.2 Å². The maximum atomic E-state index is 13.3. The van der Waals surface area contributed by atoms with Crippen molar-refractivity contribution >= 4 is 5.97 Å². The Morgan fingerprint density at radius 2 is 1.94 bits per heavy atom. The molecule has 0 saturated carbocycles. The topological polar surface area (TPSA) is 26.3 Å². The first-order valence-electron chi connectivity index (χ1n) is 5.84. The summed E-state index contributed by atoms with van der Waals surface area (Å²) in [4.78, 5) is 11.4. The number of rotatable bonds is 4. The van der Waals surface area contributed by atoms with Crippen LogP contribution in [-0.2, 0) is 16.0 Å². The van der Waals surface area contributed by atoms with E-state index in [9.17, 15) is 9.18 Å². The molecule has 0 amide bonds. The standard InChI is InChI=1S/C14H19FO2/c1-14(2,3)17-13(16)10-6-8-11-7-4-5-9-12(11)15/h4-5,7,9H,6,8,10H2,1-3H3. The van der Waals surface area contributed by atoms with Gasteiger partial charge in [-0.25, -0.2) is 4.39 Å². The van der Waals surface area contributed by atoms with Gasteiger partial charge in [-0.3, -0.25) is 4.79 Å². The minimum absolute atomic E-state index is 0.211. The molecule has 0 saturated heterocycles. The van der Waals surface area contributed by atoms with Gasteiger partial charge >= 0.3 is 5.97 Å². The van der Waals surface area contributed by atoms with Gasteiger partial charge in [-0.1, -0.05) is 18.2 Å². The fourth-order valence-electron chi connectivity index (χ4n) is 1.52. The molecule has 94 valence electrons. The molecular formula is C14H19FO2. The average Bonchev–Trinajstić information content (AvgIpc) is 2.18. The summed E-state index contributed by atoms with van der Waals surface area (Å²) in [6.45, 7) is 5.51. The Labute approximate surface area is 102 Å². The van der Waals surface area contributed by atoms with Crippen molar-refractivity contribution in [3.05, 3.63) is 35.6 Å². The molecule has 3 heteroatoms. The molecule has 0 fully saturated rings. The van der Waals surface area contributed by atoms with Crippen molar-refractivity contribution in [1.82, 2.24) is 0 Å². The van der Waals surface area contributed by atoms with Gasteiger partial charge in [0.25, 0.3) is 0 Å². The second-order valence-corrected chi connectivity index (χ2v) is 5.03. The summed E-state index contributed by atoms with van der Waals surface area (Å²) < 4.78 is 18.4. The van der Waals surface area contributed by atoms with E-state index in [4.69, 9.17) is 4.74 Å². The molecule has 0 aliphatic heterocycles. The normalized spacial score (nSPS) is 11.3. The van der Waals surface area contributed by atoms with Crippen LogP contribution in [0.5, 0.6) is 0 Å². The molecule has 17 heavy (non-hydrogen) atoms. The Bertz CT molecular complexity index is 380. The highest BCUT2D eigenvalue weighted by atomic mass is 19.1. The fraction of sp³-hybridized carbons (Fsp3) is 0.500. The van der Waals surface area contributed by atoms with E-state index in [0.29, 0.717) is 24.8 Å². The van der Waals surface area contributed by atoms with Crippen LogP contribution in [0.1, 0.15) is 39.2 Å². The van der Waals surface area contributed by atoms with Crippen molar-refractivity contribution in [2.45, 2.75) is 45.6 Å². The van der Waals surface area contributed by atoms with Crippen molar-refractivity contribution in [3.8, 4) is 0 Å². The van der Waals surface area contributed by atoms with Gasteiger partial charge in [0.15, 0.2) is 0 Å². The molecule has 0 aliphatic rings. The molecule has 0 bridgehead atoms. The molecule has 0 unspecified atom stereocenters. The minimum Gasteiger partial charge on any atom is -0.460 e. The van der Waals surface area contributed by atoms with Gasteiger partial charge in [0.05, 0.1) is 0 Å². The van der Waals surface area contributed by atoms with E-state index in [0.717, 1.165) is 0 Å². The highest BCUT2D eigenvalue weighted by molar-refractivity contribution is 5.69. The Morgan fingerprint density at radius 1 is 1.29 bits per heavy atom. The largest absolute Gasteiger partial charge is 0.460 e. The third kappa shape index (κ3) is 5.48. The summed E-state index contributed by atoms with van der Waals surface area (Å²) in [7, 11) is 0. The molecule has 0 aromatic heterocycles. The maximum Gasteiger partial charge on any atom is 0.306 e. The number of carbonyl (C=O) groups is 1. The van der Waals surface area contributed by atoms with E-state index in [-0.39, 0.29) is 11.8 Å². The number of hydrogen-bond acceptors (Lipinski definition) is 2. The lowest BCUT2D eigenvalue weighted by Crippen LogP contribution is -2.23. The van der Waals surface area contributed by atoms with Gasteiger partial charge in [0.2, 0.25) is 0 Å². The van der Waals surface area contributed by atoms with Gasteiger partial charge < -0.3 is 4.74 Å². The predicted molar refractivity (Wildman–Crippen MR) is 65.2 cm³/mol. The summed E-state index contributed by atoms with van der Waals surface area (Å²) >= 11 is 0. The number of aryl methyl sites for hydroxylation is 1. The molecule has 2 nitrogen and oxygen atoms in total. The number of ether oxygens (including phenoxy) is 1. The minimum atomic E-state index is -0.449. The van der Waals surface area contributed by atoms with Crippen LogP contribution in [-0.4, -0.2) is 11.6 Å². The van der Waals surface area contributed by atoms with E-state index < -0.39 is 5.60 Å². The zero-order valence-corrected chi connectivity index (χ0v) is 10.6. The van der Waals surface area contributed by atoms with Crippen molar-refractivity contribution in [3.63, 3.8) is 0 Å². The van der Waals surface area contributed by atoms with Gasteiger partial charge in [-0.15, -0.1) is 0 Å². The third-order valence-electron chi connectivity index (χ3n) is 2.20. The summed E-state index contributed by atoms with van der Waals surface area (Å²) in [5.74, 6) is -0.439. The zero-order valence-electron chi connectivity index (χ0n) is 10.6. The molecule has 1 rings (SSSR count). The van der Waals surface area contributed by atoms with Crippen LogP contribution >= 0.6 is 0 Å². The Hall–Kier alpha value is -1.38. The highest BCUT2D eigenvalue weighted by Gasteiger charge is 2.15. The van der Waals surface area contributed by atoms with Gasteiger partial charge in [0, 0.05) is 6.42 Å². The quantitative estimate of drug-likeness (QED) is 0.750.